The molecule has 3 aromatic rings. The zero-order valence-corrected chi connectivity index (χ0v) is 15.0. The number of anilines is 1. The molecule has 24 heavy (non-hydrogen) atoms. The molecule has 0 spiro atoms. The van der Waals surface area contributed by atoms with Crippen LogP contribution in [-0.2, 0) is 13.0 Å². The van der Waals surface area contributed by atoms with Crippen LogP contribution in [0.1, 0.15) is 22.9 Å². The van der Waals surface area contributed by atoms with Crippen molar-refractivity contribution in [2.45, 2.75) is 32.9 Å². The average molecular weight is 365 g/mol. The molecule has 4 nitrogen and oxygen atoms in total. The lowest BCUT2D eigenvalue weighted by molar-refractivity contribution is 0.606. The molecule has 7 heteroatoms. The lowest BCUT2D eigenvalue weighted by Crippen LogP contribution is -2.17. The van der Waals surface area contributed by atoms with Gasteiger partial charge in [0.2, 0.25) is 0 Å². The summed E-state index contributed by atoms with van der Waals surface area (Å²) < 4.78 is 14.8. The van der Waals surface area contributed by atoms with Gasteiger partial charge in [0.25, 0.3) is 0 Å². The van der Waals surface area contributed by atoms with E-state index in [0.717, 1.165) is 27.9 Å². The first-order valence-electron chi connectivity index (χ1n) is 7.62. The summed E-state index contributed by atoms with van der Waals surface area (Å²) >= 11 is 7.83. The summed E-state index contributed by atoms with van der Waals surface area (Å²) in [6.07, 6.45) is 3.58. The largest absolute Gasteiger partial charge is 0.380 e. The summed E-state index contributed by atoms with van der Waals surface area (Å²) in [6.45, 7) is 4.37. The molecule has 3 heterocycles. The van der Waals surface area contributed by atoms with Gasteiger partial charge in [0.15, 0.2) is 0 Å². The second-order valence-electron chi connectivity index (χ2n) is 5.82. The van der Waals surface area contributed by atoms with Crippen LogP contribution in [0.3, 0.4) is 0 Å². The Balaban J connectivity index is 1.96. The van der Waals surface area contributed by atoms with Gasteiger partial charge in [0.05, 0.1) is 22.1 Å². The van der Waals surface area contributed by atoms with E-state index < -0.39 is 0 Å². The van der Waals surface area contributed by atoms with Gasteiger partial charge in [0, 0.05) is 35.3 Å². The van der Waals surface area contributed by atoms with Crippen molar-refractivity contribution < 1.29 is 4.39 Å². The van der Waals surface area contributed by atoms with E-state index in [1.807, 2.05) is 13.8 Å². The number of nitrogens with zero attached hydrogens (tertiary/aromatic N) is 2. The van der Waals surface area contributed by atoms with Crippen molar-refractivity contribution in [2.75, 3.05) is 5.32 Å². The Morgan fingerprint density at radius 1 is 1.46 bits per heavy atom. The third kappa shape index (κ3) is 3.50. The Labute approximate surface area is 148 Å². The van der Waals surface area contributed by atoms with Crippen LogP contribution >= 0.6 is 22.9 Å². The predicted molar refractivity (Wildman–Crippen MR) is 98.2 cm³/mol. The van der Waals surface area contributed by atoms with Crippen LogP contribution < -0.4 is 11.1 Å². The fourth-order valence-corrected chi connectivity index (χ4v) is 4.12. The molecule has 1 atom stereocenters. The smallest absolute Gasteiger partial charge is 0.146 e. The quantitative estimate of drug-likeness (QED) is 0.663. The van der Waals surface area contributed by atoms with Gasteiger partial charge in [-0.3, -0.25) is 4.98 Å². The van der Waals surface area contributed by atoms with Crippen LogP contribution in [0.5, 0.6) is 0 Å². The third-order valence-electron chi connectivity index (χ3n) is 3.77. The zero-order chi connectivity index (χ0) is 17.3. The molecule has 0 aromatic carbocycles. The first kappa shape index (κ1) is 17.1. The molecule has 3 aromatic heterocycles. The molecule has 0 saturated carbocycles. The van der Waals surface area contributed by atoms with Crippen molar-refractivity contribution in [3.05, 3.63) is 51.5 Å². The molecule has 126 valence electrons. The Morgan fingerprint density at radius 3 is 2.96 bits per heavy atom. The summed E-state index contributed by atoms with van der Waals surface area (Å²) in [7, 11) is 0. The van der Waals surface area contributed by atoms with Gasteiger partial charge < -0.3 is 11.1 Å². The van der Waals surface area contributed by atoms with E-state index in [-0.39, 0.29) is 11.9 Å². The van der Waals surface area contributed by atoms with E-state index in [2.05, 4.69) is 15.3 Å². The highest BCUT2D eigenvalue weighted by molar-refractivity contribution is 7.19. The Bertz CT molecular complexity index is 878. The van der Waals surface area contributed by atoms with Crippen LogP contribution in [0.15, 0.2) is 24.5 Å². The van der Waals surface area contributed by atoms with E-state index >= 15 is 0 Å². The van der Waals surface area contributed by atoms with Crippen molar-refractivity contribution >= 4 is 38.8 Å². The summed E-state index contributed by atoms with van der Waals surface area (Å²) in [5.41, 5.74) is 9.31. The van der Waals surface area contributed by atoms with E-state index in [4.69, 9.17) is 17.3 Å². The number of hydrogen-bond donors (Lipinski definition) is 2. The van der Waals surface area contributed by atoms with Crippen molar-refractivity contribution in [2.24, 2.45) is 5.73 Å². The fourth-order valence-electron chi connectivity index (χ4n) is 2.55. The number of halogens is 2. The lowest BCUT2D eigenvalue weighted by Gasteiger charge is -2.08. The number of rotatable bonds is 5. The molecular weight excluding hydrogens is 347 g/mol. The van der Waals surface area contributed by atoms with Crippen molar-refractivity contribution in [1.82, 2.24) is 9.97 Å². The van der Waals surface area contributed by atoms with Crippen molar-refractivity contribution in [3.63, 3.8) is 0 Å². The van der Waals surface area contributed by atoms with E-state index in [0.29, 0.717) is 17.3 Å². The Kier molecular flexibility index (Phi) is 4.99. The summed E-state index contributed by atoms with van der Waals surface area (Å²) in [5, 5.41) is 3.68. The second kappa shape index (κ2) is 7.01. The highest BCUT2D eigenvalue weighted by Crippen LogP contribution is 2.37. The van der Waals surface area contributed by atoms with E-state index in [9.17, 15) is 4.39 Å². The van der Waals surface area contributed by atoms with Crippen molar-refractivity contribution in [3.8, 4) is 0 Å². The first-order valence-corrected chi connectivity index (χ1v) is 8.81. The molecule has 0 fully saturated rings. The summed E-state index contributed by atoms with van der Waals surface area (Å²) in [4.78, 5) is 9.41. The molecule has 1 unspecified atom stereocenters. The maximum atomic E-state index is 13.7. The molecule has 3 N–H and O–H groups in total. The van der Waals surface area contributed by atoms with E-state index in [1.165, 1.54) is 11.1 Å². The van der Waals surface area contributed by atoms with Crippen LogP contribution in [0.25, 0.3) is 10.2 Å². The van der Waals surface area contributed by atoms with Crippen LogP contribution in [0.4, 0.5) is 10.1 Å². The molecular formula is C17H18ClFN4S. The molecule has 0 bridgehead atoms. The zero-order valence-electron chi connectivity index (χ0n) is 13.4. The van der Waals surface area contributed by atoms with Gasteiger partial charge in [-0.15, -0.1) is 11.3 Å². The van der Waals surface area contributed by atoms with Gasteiger partial charge >= 0.3 is 0 Å². The molecule has 0 aliphatic heterocycles. The maximum Gasteiger partial charge on any atom is 0.146 e. The van der Waals surface area contributed by atoms with Gasteiger partial charge in [-0.1, -0.05) is 11.6 Å². The lowest BCUT2D eigenvalue weighted by atomic mass is 10.1. The second-order valence-corrected chi connectivity index (χ2v) is 7.31. The van der Waals surface area contributed by atoms with Crippen molar-refractivity contribution in [1.29, 1.82) is 0 Å². The highest BCUT2D eigenvalue weighted by atomic mass is 35.5. The first-order chi connectivity index (χ1) is 11.5. The van der Waals surface area contributed by atoms with Gasteiger partial charge in [-0.2, -0.15) is 0 Å². The number of nitrogens with one attached hydrogen (secondary N) is 1. The number of fused-ring (bicyclic) bond motifs is 1. The SMILES string of the molecule is Cc1c(CC(C)N)sc2c(NCc3ccncc3F)cc(Cl)nc12. The molecule has 0 aliphatic carbocycles. The Hall–Kier alpha value is -1.76. The van der Waals surface area contributed by atoms with Crippen LogP contribution in [0.2, 0.25) is 5.15 Å². The number of aryl methyl sites for hydroxylation is 1. The molecule has 0 amide bonds. The number of thiophene rings is 1. The average Bonchev–Trinajstić information content (AvgIpc) is 2.82. The monoisotopic (exact) mass is 364 g/mol. The summed E-state index contributed by atoms with van der Waals surface area (Å²) in [5.74, 6) is -0.332. The molecule has 0 radical (unpaired) electrons. The van der Waals surface area contributed by atoms with Gasteiger partial charge in [-0.05, 0) is 31.9 Å². The predicted octanol–water partition coefficient (Wildman–Crippen LogP) is 4.29. The minimum absolute atomic E-state index is 0.0783. The molecule has 3 rings (SSSR count). The fraction of sp³-hybridized carbons (Fsp3) is 0.294. The number of aromatic nitrogens is 2. The Morgan fingerprint density at radius 2 is 2.25 bits per heavy atom. The summed E-state index contributed by atoms with van der Waals surface area (Å²) in [6, 6.07) is 3.51. The molecule has 0 saturated heterocycles. The van der Waals surface area contributed by atoms with Gasteiger partial charge in [-0.25, -0.2) is 9.37 Å². The third-order valence-corrected chi connectivity index (χ3v) is 5.30. The minimum atomic E-state index is -0.332. The molecule has 0 aliphatic rings. The topological polar surface area (TPSA) is 63.8 Å². The normalized spacial score (nSPS) is 12.5. The number of pyridine rings is 2. The van der Waals surface area contributed by atoms with Gasteiger partial charge in [0.1, 0.15) is 11.0 Å². The van der Waals surface area contributed by atoms with E-state index in [1.54, 1.807) is 29.7 Å². The standard InChI is InChI=1S/C17H18ClFN4S/c1-9(20)5-14-10(2)16-17(24-14)13(6-15(18)23-16)22-7-11-3-4-21-8-12(11)19/h3-4,6,8-9H,5,7,20H2,1-2H3,(H,22,23). The number of hydrogen-bond acceptors (Lipinski definition) is 5. The van der Waals surface area contributed by atoms with Crippen LogP contribution in [-0.4, -0.2) is 16.0 Å². The minimum Gasteiger partial charge on any atom is -0.380 e. The highest BCUT2D eigenvalue weighted by Gasteiger charge is 2.15. The van der Waals surface area contributed by atoms with Crippen LogP contribution in [0, 0.1) is 12.7 Å². The maximum absolute atomic E-state index is 13.7. The number of nitrogens with two attached hydrogens (primary N) is 1.